The molecule has 1 aromatic carbocycles. The zero-order valence-corrected chi connectivity index (χ0v) is 29.7. The maximum absolute atomic E-state index is 5.32. The number of benzene rings is 1. The zero-order valence-electron chi connectivity index (χ0n) is 28.9. The van der Waals surface area contributed by atoms with Crippen LogP contribution in [0.3, 0.4) is 0 Å². The summed E-state index contributed by atoms with van der Waals surface area (Å²) in [6, 6.07) is 9.51. The van der Waals surface area contributed by atoms with E-state index in [1.807, 2.05) is 0 Å². The summed E-state index contributed by atoms with van der Waals surface area (Å²) in [7, 11) is 0. The Balaban J connectivity index is 1.01. The van der Waals surface area contributed by atoms with Gasteiger partial charge in [0.15, 0.2) is 5.82 Å². The predicted octanol–water partition coefficient (Wildman–Crippen LogP) is 10.3. The highest BCUT2D eigenvalue weighted by molar-refractivity contribution is 8.00. The van der Waals surface area contributed by atoms with E-state index in [0.717, 1.165) is 60.5 Å². The van der Waals surface area contributed by atoms with E-state index < -0.39 is 0 Å². The quantitative estimate of drug-likeness (QED) is 0.256. The van der Waals surface area contributed by atoms with Crippen LogP contribution in [0.2, 0.25) is 0 Å². The Hall–Kier alpha value is -4.42. The predicted molar refractivity (Wildman–Crippen MR) is 211 cm³/mol. The third-order valence-corrected chi connectivity index (χ3v) is 14.3. The van der Waals surface area contributed by atoms with E-state index in [9.17, 15) is 0 Å². The second-order valence-electron chi connectivity index (χ2n) is 15.4. The number of para-hydroxylation sites is 1. The Morgan fingerprint density at radius 1 is 0.784 bits per heavy atom. The van der Waals surface area contributed by atoms with Crippen LogP contribution in [0.5, 0.6) is 0 Å². The van der Waals surface area contributed by atoms with E-state index in [0.29, 0.717) is 17.1 Å². The molecule has 0 amide bonds. The molecule has 0 saturated carbocycles. The summed E-state index contributed by atoms with van der Waals surface area (Å²) >= 11 is 2.24. The molecule has 0 N–H and O–H groups in total. The van der Waals surface area contributed by atoms with Crippen LogP contribution in [0.15, 0.2) is 115 Å². The summed E-state index contributed by atoms with van der Waals surface area (Å²) in [4.78, 5) is 18.2. The van der Waals surface area contributed by atoms with E-state index in [2.05, 4.69) is 137 Å². The molecule has 11 rings (SSSR count). The Kier molecular flexibility index (Phi) is 7.16. The first-order valence-electron chi connectivity index (χ1n) is 19.3. The van der Waals surface area contributed by atoms with Crippen LogP contribution in [0.25, 0.3) is 28.2 Å². The van der Waals surface area contributed by atoms with Crippen LogP contribution in [0, 0.1) is 17.8 Å². The number of rotatable bonds is 4. The number of hydrogen-bond donors (Lipinski definition) is 0. The van der Waals surface area contributed by atoms with Gasteiger partial charge < -0.3 is 9.47 Å². The van der Waals surface area contributed by atoms with E-state index >= 15 is 0 Å². The molecular formula is C45H43N5S. The second kappa shape index (κ2) is 12.1. The molecule has 8 unspecified atom stereocenters. The van der Waals surface area contributed by atoms with Gasteiger partial charge in [0.05, 0.1) is 23.3 Å². The Bertz CT molecular complexity index is 2220. The molecule has 4 heterocycles. The van der Waals surface area contributed by atoms with Crippen molar-refractivity contribution in [1.82, 2.24) is 19.5 Å². The molecule has 51 heavy (non-hydrogen) atoms. The molecule has 254 valence electrons. The molecule has 5 nitrogen and oxygen atoms in total. The number of anilines is 1. The van der Waals surface area contributed by atoms with Gasteiger partial charge in [-0.1, -0.05) is 97.2 Å². The van der Waals surface area contributed by atoms with E-state index in [1.165, 1.54) is 47.1 Å². The fourth-order valence-electron chi connectivity index (χ4n) is 10.3. The van der Waals surface area contributed by atoms with Crippen molar-refractivity contribution < 1.29 is 0 Å². The van der Waals surface area contributed by atoms with Gasteiger partial charge in [0.2, 0.25) is 5.95 Å². The number of allylic oxidation sites excluding steroid dienone is 13. The smallest absolute Gasteiger partial charge is 0.230 e. The maximum Gasteiger partial charge on any atom is 0.230 e. The first-order valence-corrected chi connectivity index (χ1v) is 20.2. The highest BCUT2D eigenvalue weighted by Crippen LogP contribution is 2.60. The first kappa shape index (κ1) is 30.2. The van der Waals surface area contributed by atoms with Crippen LogP contribution < -0.4 is 4.90 Å². The minimum Gasteiger partial charge on any atom is -0.326 e. The molecule has 0 radical (unpaired) electrons. The van der Waals surface area contributed by atoms with E-state index in [-0.39, 0.29) is 23.9 Å². The van der Waals surface area contributed by atoms with Crippen molar-refractivity contribution in [3.05, 3.63) is 138 Å². The summed E-state index contributed by atoms with van der Waals surface area (Å²) < 4.78 is 2.58. The van der Waals surface area contributed by atoms with Gasteiger partial charge in [0, 0.05) is 44.9 Å². The number of thioether (sulfide) groups is 1. The van der Waals surface area contributed by atoms with Crippen molar-refractivity contribution in [2.75, 3.05) is 4.90 Å². The summed E-state index contributed by atoms with van der Waals surface area (Å²) in [6.45, 7) is 0. The van der Waals surface area contributed by atoms with Gasteiger partial charge in [-0.25, -0.2) is 4.98 Å². The molecule has 8 atom stereocenters. The molecule has 6 aliphatic carbocycles. The lowest BCUT2D eigenvalue weighted by atomic mass is 9.78. The van der Waals surface area contributed by atoms with Crippen molar-refractivity contribution in [3.63, 3.8) is 0 Å². The first-order chi connectivity index (χ1) is 25.3. The number of hydrogen-bond acceptors (Lipinski definition) is 5. The lowest BCUT2D eigenvalue weighted by molar-refractivity contribution is 0.457. The van der Waals surface area contributed by atoms with Gasteiger partial charge in [-0.05, 0) is 86.6 Å². The standard InChI is InChI=1S/C45H43N5S/c1-3-13-28(14-4-1)43-46-44(29-15-5-2-6-16-29)48-45(47-43)50-36-20-10-7-17-31(36)35-27-30(23-25-38(35)50)49-37-21-11-8-19-34(37)41-39(49)26-24-33-32-18-9-12-22-40(32)51-42(33)41/h3,5,7-11,13-15,17-21,23-24,26-27,29,31-33,36,38,40,42H,1-2,4,6,12,16,22,25H2. The normalized spacial score (nSPS) is 32.6. The van der Waals surface area contributed by atoms with Gasteiger partial charge in [0.1, 0.15) is 5.82 Å². The highest BCUT2D eigenvalue weighted by Gasteiger charge is 2.48. The van der Waals surface area contributed by atoms with E-state index in [4.69, 9.17) is 15.0 Å². The van der Waals surface area contributed by atoms with Crippen LogP contribution >= 0.6 is 11.8 Å². The molecule has 2 fully saturated rings. The second-order valence-corrected chi connectivity index (χ2v) is 16.8. The molecule has 0 bridgehead atoms. The van der Waals surface area contributed by atoms with Gasteiger partial charge >= 0.3 is 0 Å². The van der Waals surface area contributed by atoms with Gasteiger partial charge in [0.25, 0.3) is 0 Å². The third kappa shape index (κ3) is 4.78. The summed E-state index contributed by atoms with van der Waals surface area (Å²) in [6.07, 6.45) is 44.5. The maximum atomic E-state index is 5.32. The Labute approximate surface area is 304 Å². The Morgan fingerprint density at radius 3 is 2.65 bits per heavy atom. The molecule has 3 aromatic rings. The zero-order chi connectivity index (χ0) is 33.5. The summed E-state index contributed by atoms with van der Waals surface area (Å²) in [5, 5.41) is 2.66. The molecule has 8 aliphatic rings. The van der Waals surface area contributed by atoms with Crippen molar-refractivity contribution in [1.29, 1.82) is 0 Å². The largest absolute Gasteiger partial charge is 0.326 e. The van der Waals surface area contributed by atoms with Crippen molar-refractivity contribution in [2.45, 2.75) is 79.9 Å². The molecule has 2 aliphatic heterocycles. The van der Waals surface area contributed by atoms with Crippen LogP contribution in [-0.2, 0) is 0 Å². The minimum absolute atomic E-state index is 0.169. The number of aromatic nitrogens is 4. The monoisotopic (exact) mass is 685 g/mol. The van der Waals surface area contributed by atoms with E-state index in [1.54, 1.807) is 5.56 Å². The number of nitrogens with zero attached hydrogens (tertiary/aromatic N) is 5. The molecule has 2 aromatic heterocycles. The number of fused-ring (bicyclic) bond motifs is 10. The summed E-state index contributed by atoms with van der Waals surface area (Å²) in [5.41, 5.74) is 8.14. The van der Waals surface area contributed by atoms with Crippen molar-refractivity contribution in [3.8, 4) is 0 Å². The van der Waals surface area contributed by atoms with Crippen molar-refractivity contribution >= 4 is 46.0 Å². The Morgan fingerprint density at radius 2 is 1.73 bits per heavy atom. The van der Waals surface area contributed by atoms with Crippen LogP contribution in [-0.4, -0.2) is 36.9 Å². The third-order valence-electron chi connectivity index (χ3n) is 12.6. The summed E-state index contributed by atoms with van der Waals surface area (Å²) in [5.74, 6) is 4.29. The van der Waals surface area contributed by atoms with Gasteiger partial charge in [-0.15, -0.1) is 11.8 Å². The SMILES string of the molecule is C1=CC2C3=CC(n4c5c(c6ccccc64)C4SC6CCC=CC6C4C=C5)=CCC3N(c3nc(C4=CCCC=C4)nc(C4C=CCCC4)n3)C2C=C1. The topological polar surface area (TPSA) is 46.8 Å². The fourth-order valence-corrected chi connectivity index (χ4v) is 12.2. The molecule has 2 saturated heterocycles. The lowest BCUT2D eigenvalue weighted by Crippen LogP contribution is -2.39. The fraction of sp³-hybridized carbons (Fsp3) is 0.356. The highest BCUT2D eigenvalue weighted by atomic mass is 32.2. The molecular weight excluding hydrogens is 643 g/mol. The van der Waals surface area contributed by atoms with Crippen LogP contribution in [0.4, 0.5) is 5.95 Å². The van der Waals surface area contributed by atoms with Crippen molar-refractivity contribution in [2.24, 2.45) is 17.8 Å². The molecule has 6 heteroatoms. The average Bonchev–Trinajstić information content (AvgIpc) is 3.86. The average molecular weight is 686 g/mol. The molecule has 0 spiro atoms. The van der Waals surface area contributed by atoms with Gasteiger partial charge in [-0.3, -0.25) is 0 Å². The minimum atomic E-state index is 0.169. The van der Waals surface area contributed by atoms with Gasteiger partial charge in [-0.2, -0.15) is 9.97 Å². The van der Waals surface area contributed by atoms with Crippen LogP contribution in [0.1, 0.15) is 85.4 Å². The lowest BCUT2D eigenvalue weighted by Gasteiger charge is -2.31.